The van der Waals surface area contributed by atoms with Crippen LogP contribution in [0.4, 0.5) is 30.2 Å². The second-order valence-corrected chi connectivity index (χ2v) is 10.1. The van der Waals surface area contributed by atoms with E-state index in [0.29, 0.717) is 57.9 Å². The van der Waals surface area contributed by atoms with E-state index in [9.17, 15) is 28.1 Å². The van der Waals surface area contributed by atoms with E-state index < -0.39 is 16.7 Å². The molecular weight excluding hydrogens is 551 g/mol. The highest BCUT2D eigenvalue weighted by atomic mass is 35.5. The lowest BCUT2D eigenvalue weighted by Crippen LogP contribution is -2.48. The lowest BCUT2D eigenvalue weighted by molar-refractivity contribution is -0.385. The predicted molar refractivity (Wildman–Crippen MR) is 149 cm³/mol. The second-order valence-electron chi connectivity index (χ2n) is 9.68. The van der Waals surface area contributed by atoms with E-state index in [1.165, 1.54) is 19.2 Å². The van der Waals surface area contributed by atoms with Crippen molar-refractivity contribution in [3.63, 3.8) is 0 Å². The summed E-state index contributed by atoms with van der Waals surface area (Å²) in [6, 6.07) is 8.79. The van der Waals surface area contributed by atoms with Crippen LogP contribution in [0, 0.1) is 10.1 Å². The number of alkyl halides is 3. The third-order valence-corrected chi connectivity index (χ3v) is 7.56. The number of nitro groups is 1. The van der Waals surface area contributed by atoms with Crippen molar-refractivity contribution < 1.29 is 27.6 Å². The molecule has 9 nitrogen and oxygen atoms in total. The first kappa shape index (κ1) is 31.3. The van der Waals surface area contributed by atoms with Crippen LogP contribution in [0.15, 0.2) is 36.4 Å². The molecule has 2 aliphatic heterocycles. The molecule has 40 heavy (non-hydrogen) atoms. The first-order chi connectivity index (χ1) is 18.5. The summed E-state index contributed by atoms with van der Waals surface area (Å²) in [6.45, 7) is 4.28. The van der Waals surface area contributed by atoms with Crippen LogP contribution in [0.2, 0.25) is 5.02 Å². The van der Waals surface area contributed by atoms with E-state index in [1.54, 1.807) is 18.2 Å². The summed E-state index contributed by atoms with van der Waals surface area (Å²) in [5, 5.41) is 14.1. The van der Waals surface area contributed by atoms with Crippen molar-refractivity contribution in [1.29, 1.82) is 0 Å². The van der Waals surface area contributed by atoms with Gasteiger partial charge in [-0.25, -0.2) is 0 Å². The molecule has 0 spiro atoms. The van der Waals surface area contributed by atoms with Gasteiger partial charge in [0, 0.05) is 81.8 Å². The number of carbonyl (C=O) groups is 1. The van der Waals surface area contributed by atoms with E-state index in [1.807, 2.05) is 9.80 Å². The molecule has 2 saturated heterocycles. The number of nitro benzene ring substituents is 1. The zero-order chi connectivity index (χ0) is 28.2. The summed E-state index contributed by atoms with van der Waals surface area (Å²) >= 11 is 5.74. The number of nitrogens with zero attached hydrogens (tertiary/aromatic N) is 4. The normalized spacial score (nSPS) is 16.8. The molecule has 2 aliphatic rings. The van der Waals surface area contributed by atoms with Crippen molar-refractivity contribution in [3.05, 3.63) is 57.1 Å². The Bertz CT molecular complexity index is 1180. The molecule has 2 aromatic rings. The van der Waals surface area contributed by atoms with Gasteiger partial charge in [0.15, 0.2) is 5.75 Å². The standard InChI is InChI=1S/C26H31ClF3N5O4.CH4/c1-39-24-16-19(2-5-23(24)35(37)38)31-18-6-10-34(11-7-18)25(36)8-9-32-12-14-33(15-13-32)20-3-4-22(27)21(17-20)26(28,29)30;/h2-5,16-18,31H,6-15H2,1H3;1H4. The first-order valence-electron chi connectivity index (χ1n) is 12.8. The molecule has 2 fully saturated rings. The summed E-state index contributed by atoms with van der Waals surface area (Å²) in [5.74, 6) is 0.276. The highest BCUT2D eigenvalue weighted by Gasteiger charge is 2.34. The average Bonchev–Trinajstić information content (AvgIpc) is 2.92. The highest BCUT2D eigenvalue weighted by molar-refractivity contribution is 6.31. The fourth-order valence-corrected chi connectivity index (χ4v) is 5.22. The Morgan fingerprint density at radius 2 is 1.77 bits per heavy atom. The number of ether oxygens (including phenoxy) is 1. The molecule has 0 aromatic heterocycles. The van der Waals surface area contributed by atoms with Crippen molar-refractivity contribution in [1.82, 2.24) is 9.80 Å². The van der Waals surface area contributed by atoms with Crippen molar-refractivity contribution in [2.45, 2.75) is 38.9 Å². The molecular formula is C27H35ClF3N5O4. The number of benzene rings is 2. The van der Waals surface area contributed by atoms with E-state index >= 15 is 0 Å². The molecule has 0 radical (unpaired) electrons. The Morgan fingerprint density at radius 3 is 2.38 bits per heavy atom. The number of methoxy groups -OCH3 is 1. The van der Waals surface area contributed by atoms with Crippen LogP contribution in [0.3, 0.4) is 0 Å². The fraction of sp³-hybridized carbons (Fsp3) is 0.519. The van der Waals surface area contributed by atoms with Crippen molar-refractivity contribution in [2.75, 3.05) is 63.1 Å². The number of nitrogens with one attached hydrogen (secondary N) is 1. The van der Waals surface area contributed by atoms with Crippen molar-refractivity contribution in [3.8, 4) is 5.75 Å². The number of piperidine rings is 1. The van der Waals surface area contributed by atoms with Gasteiger partial charge in [-0.3, -0.25) is 19.8 Å². The van der Waals surface area contributed by atoms with Crippen LogP contribution in [-0.4, -0.2) is 79.6 Å². The molecule has 1 amide bonds. The predicted octanol–water partition coefficient (Wildman–Crippen LogP) is 5.53. The first-order valence-corrected chi connectivity index (χ1v) is 13.1. The molecule has 2 heterocycles. The lowest BCUT2D eigenvalue weighted by atomic mass is 10.0. The van der Waals surface area contributed by atoms with Crippen LogP contribution in [0.1, 0.15) is 32.3 Å². The minimum atomic E-state index is -4.50. The number of rotatable bonds is 8. The molecule has 2 aromatic carbocycles. The van der Waals surface area contributed by atoms with Gasteiger partial charge in [-0.15, -0.1) is 0 Å². The largest absolute Gasteiger partial charge is 0.490 e. The molecule has 220 valence electrons. The maximum atomic E-state index is 13.2. The van der Waals surface area contributed by atoms with E-state index in [-0.39, 0.29) is 35.8 Å². The van der Waals surface area contributed by atoms with Crippen molar-refractivity contribution >= 4 is 34.6 Å². The summed E-state index contributed by atoms with van der Waals surface area (Å²) < 4.78 is 44.7. The number of hydrogen-bond donors (Lipinski definition) is 1. The summed E-state index contributed by atoms with van der Waals surface area (Å²) in [4.78, 5) is 29.3. The smallest absolute Gasteiger partial charge is 0.417 e. The molecule has 0 saturated carbocycles. The van der Waals surface area contributed by atoms with E-state index in [4.69, 9.17) is 16.3 Å². The SMILES string of the molecule is C.COc1cc(NC2CCN(C(=O)CCN3CCN(c4ccc(Cl)c(C(F)(F)F)c4)CC3)CC2)ccc1[N+](=O)[O-]. The fourth-order valence-electron chi connectivity index (χ4n) is 5.00. The Labute approximate surface area is 237 Å². The highest BCUT2D eigenvalue weighted by Crippen LogP contribution is 2.37. The Morgan fingerprint density at radius 1 is 1.10 bits per heavy atom. The summed E-state index contributed by atoms with van der Waals surface area (Å²) in [6.07, 6.45) is -2.61. The Kier molecular flexibility index (Phi) is 10.5. The van der Waals surface area contributed by atoms with Gasteiger partial charge in [0.25, 0.3) is 0 Å². The monoisotopic (exact) mass is 585 g/mol. The van der Waals surface area contributed by atoms with Gasteiger partial charge in [0.2, 0.25) is 5.91 Å². The van der Waals surface area contributed by atoms with Crippen LogP contribution in [-0.2, 0) is 11.0 Å². The van der Waals surface area contributed by atoms with Crippen LogP contribution < -0.4 is 15.0 Å². The van der Waals surface area contributed by atoms with Gasteiger partial charge in [-0.1, -0.05) is 19.0 Å². The zero-order valence-electron chi connectivity index (χ0n) is 21.5. The molecule has 0 atom stereocenters. The van der Waals surface area contributed by atoms with Crippen LogP contribution in [0.25, 0.3) is 0 Å². The third kappa shape index (κ3) is 7.69. The second kappa shape index (κ2) is 13.4. The molecule has 0 bridgehead atoms. The number of amides is 1. The number of halogens is 4. The number of hydrogen-bond acceptors (Lipinski definition) is 7. The lowest BCUT2D eigenvalue weighted by Gasteiger charge is -2.37. The number of carbonyl (C=O) groups excluding carboxylic acids is 1. The van der Waals surface area contributed by atoms with E-state index in [0.717, 1.165) is 24.6 Å². The average molecular weight is 586 g/mol. The zero-order valence-corrected chi connectivity index (χ0v) is 22.3. The van der Waals surface area contributed by atoms with E-state index in [2.05, 4.69) is 10.2 Å². The minimum absolute atomic E-state index is 0. The summed E-state index contributed by atoms with van der Waals surface area (Å²) in [7, 11) is 1.39. The molecule has 0 aliphatic carbocycles. The number of piperazine rings is 1. The van der Waals surface area contributed by atoms with Crippen molar-refractivity contribution in [2.24, 2.45) is 0 Å². The van der Waals surface area contributed by atoms with Gasteiger partial charge in [0.1, 0.15) is 0 Å². The van der Waals surface area contributed by atoms with Gasteiger partial charge in [0.05, 0.1) is 22.6 Å². The van der Waals surface area contributed by atoms with Gasteiger partial charge >= 0.3 is 11.9 Å². The quantitative estimate of drug-likeness (QED) is 0.322. The minimum Gasteiger partial charge on any atom is -0.490 e. The van der Waals surface area contributed by atoms with Gasteiger partial charge in [-0.05, 0) is 37.1 Å². The maximum Gasteiger partial charge on any atom is 0.417 e. The molecule has 4 rings (SSSR count). The topological polar surface area (TPSA) is 91.2 Å². The maximum absolute atomic E-state index is 13.2. The Hall–Kier alpha value is -3.25. The number of anilines is 2. The van der Waals surface area contributed by atoms with Gasteiger partial charge < -0.3 is 19.9 Å². The number of likely N-dealkylation sites (tertiary alicyclic amines) is 1. The van der Waals surface area contributed by atoms with Crippen LogP contribution in [0.5, 0.6) is 5.75 Å². The van der Waals surface area contributed by atoms with Crippen LogP contribution >= 0.6 is 11.6 Å². The summed E-state index contributed by atoms with van der Waals surface area (Å²) in [5.41, 5.74) is 0.298. The molecule has 0 unspecified atom stereocenters. The third-order valence-electron chi connectivity index (χ3n) is 7.23. The Balaban J connectivity index is 0.00000441. The molecule has 13 heteroatoms. The molecule has 1 N–H and O–H groups in total. The van der Waals surface area contributed by atoms with Gasteiger partial charge in [-0.2, -0.15) is 13.2 Å².